The van der Waals surface area contributed by atoms with Crippen LogP contribution in [0.1, 0.15) is 268 Å². The molecule has 0 aromatic heterocycles. The van der Waals surface area contributed by atoms with Crippen molar-refractivity contribution in [2.75, 3.05) is 0 Å². The van der Waals surface area contributed by atoms with Crippen LogP contribution in [0, 0.1) is 11.8 Å². The van der Waals surface area contributed by atoms with Crippen molar-refractivity contribution < 1.29 is 4.68 Å². The zero-order valence-corrected chi connectivity index (χ0v) is 40.6. The Hall–Kier alpha value is -3.05. The second kappa shape index (κ2) is 35.4. The minimum Gasteiger partial charge on any atom is -0.448 e. The largest absolute Gasteiger partial charge is 0.448 e. The second-order valence-corrected chi connectivity index (χ2v) is 18.7. The average Bonchev–Trinajstić information content (AvgIpc) is 3.56. The number of hydrogen-bond donors (Lipinski definition) is 0. The highest BCUT2D eigenvalue weighted by atomic mass is 15.3. The Bertz CT molecular complexity index is 1540. The smallest absolute Gasteiger partial charge is 0.225 e. The predicted octanol–water partition coefficient (Wildman–Crippen LogP) is 19.2. The highest BCUT2D eigenvalue weighted by Crippen LogP contribution is 2.35. The molecular weight excluding hydrogens is 737 g/mol. The molecule has 1 aliphatic heterocycles. The van der Waals surface area contributed by atoms with E-state index in [9.17, 15) is 5.84 Å². The topological polar surface area (TPSA) is 26.8 Å². The molecule has 2 nitrogen and oxygen atoms in total. The van der Waals surface area contributed by atoms with E-state index >= 15 is 0 Å². The third-order valence-electron chi connectivity index (χ3n) is 13.1. The lowest BCUT2D eigenvalue weighted by atomic mass is 9.93. The first-order valence-electron chi connectivity index (χ1n) is 26.6. The Morgan fingerprint density at radius 3 is 1.20 bits per heavy atom. The Morgan fingerprint density at radius 2 is 0.787 bits per heavy atom. The maximum atomic E-state index is 9.63. The molecule has 0 atom stereocenters. The summed E-state index contributed by atoms with van der Waals surface area (Å²) in [5, 5.41) is 0. The molecule has 1 N–H and O–H groups in total. The van der Waals surface area contributed by atoms with E-state index in [1.807, 2.05) is 0 Å². The lowest BCUT2D eigenvalue weighted by Crippen LogP contribution is -2.11. The van der Waals surface area contributed by atoms with E-state index in [-0.39, 0.29) is 0 Å². The van der Waals surface area contributed by atoms with E-state index < -0.39 is 0 Å². The van der Waals surface area contributed by atoms with Gasteiger partial charge in [0, 0.05) is 17.5 Å². The molecule has 0 fully saturated rings. The lowest BCUT2D eigenvalue weighted by Gasteiger charge is -2.09. The molecule has 2 aromatic rings. The molecular formula is C59H94N2. The van der Waals surface area contributed by atoms with Crippen molar-refractivity contribution in [3.05, 3.63) is 93.8 Å². The quantitative estimate of drug-likeness (QED) is 0.0368. The van der Waals surface area contributed by atoms with Gasteiger partial charge >= 0.3 is 0 Å². The van der Waals surface area contributed by atoms with Gasteiger partial charge in [-0.15, -0.1) is 0 Å². The van der Waals surface area contributed by atoms with E-state index in [1.165, 1.54) is 210 Å². The zero-order chi connectivity index (χ0) is 43.4. The number of unbranched alkanes of at least 4 members (excludes halogenated alkanes) is 30. The fraction of sp³-hybridized carbons (Fsp3) is 0.678. The number of nitrogens with one attached hydrogen (secondary N) is 1. The van der Waals surface area contributed by atoms with Gasteiger partial charge in [-0.05, 0) is 80.3 Å². The minimum absolute atomic E-state index is 0.926. The van der Waals surface area contributed by atoms with Gasteiger partial charge in [-0.2, -0.15) is 0 Å². The maximum Gasteiger partial charge on any atom is 0.225 e. The Balaban J connectivity index is 1.43. The molecule has 0 spiro atoms. The zero-order valence-electron chi connectivity index (χ0n) is 40.6. The van der Waals surface area contributed by atoms with E-state index in [0.29, 0.717) is 0 Å². The van der Waals surface area contributed by atoms with Gasteiger partial charge in [-0.1, -0.05) is 250 Å². The molecule has 3 rings (SSSR count). The van der Waals surface area contributed by atoms with E-state index in [4.69, 9.17) is 0 Å². The second-order valence-electron chi connectivity index (χ2n) is 18.7. The van der Waals surface area contributed by atoms with Crippen LogP contribution in [0.5, 0.6) is 0 Å². The summed E-state index contributed by atoms with van der Waals surface area (Å²) in [4.78, 5) is 0. The first kappa shape index (κ1) is 52.3. The maximum absolute atomic E-state index is 9.63. The van der Waals surface area contributed by atoms with Crippen molar-refractivity contribution in [2.24, 2.45) is 0 Å². The third-order valence-corrected chi connectivity index (χ3v) is 13.1. The Labute approximate surface area is 379 Å². The number of nitrogens with zero attached hydrogens (tertiary/aromatic N) is 1. The molecule has 0 amide bonds. The van der Waals surface area contributed by atoms with Gasteiger partial charge in [0.2, 0.25) is 11.4 Å². The summed E-state index contributed by atoms with van der Waals surface area (Å²) in [5.74, 6) is 17.0. The fourth-order valence-electron chi connectivity index (χ4n) is 9.04. The van der Waals surface area contributed by atoms with Crippen LogP contribution >= 0.6 is 0 Å². The van der Waals surface area contributed by atoms with Gasteiger partial charge in [0.25, 0.3) is 0 Å². The SMILES string of the molecule is CCCCCCC=C1C(C#CCCCCCCCCCCCCCCCCCCCCCCCCCC)=C(c2ccc(CCCC)cc2)[N+]([NH-])=C1c1ccc(CCCC)cc1. The normalized spacial score (nSPS) is 13.5. The van der Waals surface area contributed by atoms with Crippen LogP contribution in [0.4, 0.5) is 0 Å². The third kappa shape index (κ3) is 22.2. The summed E-state index contributed by atoms with van der Waals surface area (Å²) >= 11 is 0. The molecule has 61 heavy (non-hydrogen) atoms. The van der Waals surface area contributed by atoms with Crippen molar-refractivity contribution in [3.8, 4) is 11.8 Å². The van der Waals surface area contributed by atoms with Crippen molar-refractivity contribution in [2.45, 2.75) is 259 Å². The van der Waals surface area contributed by atoms with Crippen molar-refractivity contribution in [3.63, 3.8) is 0 Å². The van der Waals surface area contributed by atoms with E-state index in [2.05, 4.69) is 94.1 Å². The fourth-order valence-corrected chi connectivity index (χ4v) is 9.04. The molecule has 340 valence electrons. The number of hydrogen-bond acceptors (Lipinski definition) is 0. The lowest BCUT2D eigenvalue weighted by molar-refractivity contribution is -0.347. The Morgan fingerprint density at radius 1 is 0.426 bits per heavy atom. The summed E-state index contributed by atoms with van der Waals surface area (Å²) < 4.78 is 1.71. The summed E-state index contributed by atoms with van der Waals surface area (Å²) in [6.07, 6.45) is 50.4. The van der Waals surface area contributed by atoms with Gasteiger partial charge < -0.3 is 5.84 Å². The molecule has 0 saturated carbocycles. The van der Waals surface area contributed by atoms with Crippen LogP contribution in [-0.4, -0.2) is 10.4 Å². The van der Waals surface area contributed by atoms with Crippen LogP contribution in [-0.2, 0) is 12.8 Å². The van der Waals surface area contributed by atoms with Crippen molar-refractivity contribution >= 4 is 11.4 Å². The van der Waals surface area contributed by atoms with E-state index in [1.54, 1.807) is 4.68 Å². The Kier molecular flexibility index (Phi) is 30.4. The number of rotatable bonds is 37. The first-order valence-corrected chi connectivity index (χ1v) is 26.6. The molecule has 0 radical (unpaired) electrons. The van der Waals surface area contributed by atoms with Crippen molar-refractivity contribution in [1.82, 2.24) is 0 Å². The molecule has 2 heteroatoms. The predicted molar refractivity (Wildman–Crippen MR) is 271 cm³/mol. The van der Waals surface area contributed by atoms with Gasteiger partial charge in [0.05, 0.1) is 5.57 Å². The number of benzene rings is 2. The molecule has 1 heterocycles. The highest BCUT2D eigenvalue weighted by Gasteiger charge is 2.34. The molecule has 0 saturated heterocycles. The molecule has 0 unspecified atom stereocenters. The van der Waals surface area contributed by atoms with Gasteiger partial charge in [0.15, 0.2) is 0 Å². The van der Waals surface area contributed by atoms with Crippen LogP contribution in [0.2, 0.25) is 0 Å². The first-order chi connectivity index (χ1) is 30.1. The number of allylic oxidation sites excluding steroid dienone is 3. The summed E-state index contributed by atoms with van der Waals surface area (Å²) in [5.41, 5.74) is 9.11. The van der Waals surface area contributed by atoms with Crippen LogP contribution in [0.3, 0.4) is 0 Å². The van der Waals surface area contributed by atoms with Crippen LogP contribution < -0.4 is 0 Å². The standard InChI is InChI=1S/C59H94N2/c1-5-9-13-15-16-17-18-19-20-21-22-23-24-25-26-27-28-29-30-31-32-33-34-35-37-39-43-57-56(42-38-36-14-10-6-2)58(54-48-44-52(45-49-54)40-11-7-3)61(60)59(57)55-50-46-53(47-51-55)41-12-8-4/h42,44-51,60H,5-38,40-41H2,1-4H3. The average molecular weight is 831 g/mol. The summed E-state index contributed by atoms with van der Waals surface area (Å²) in [6, 6.07) is 18.1. The monoisotopic (exact) mass is 831 g/mol. The van der Waals surface area contributed by atoms with E-state index in [0.717, 1.165) is 65.8 Å². The minimum atomic E-state index is 0.926. The van der Waals surface area contributed by atoms with Gasteiger partial charge in [0.1, 0.15) is 5.57 Å². The number of aryl methyl sites for hydroxylation is 2. The van der Waals surface area contributed by atoms with Gasteiger partial charge in [-0.25, -0.2) is 4.68 Å². The van der Waals surface area contributed by atoms with Crippen LogP contribution in [0.25, 0.3) is 11.5 Å². The van der Waals surface area contributed by atoms with Crippen molar-refractivity contribution in [1.29, 1.82) is 0 Å². The van der Waals surface area contributed by atoms with Crippen LogP contribution in [0.15, 0.2) is 65.8 Å². The molecule has 2 aromatic carbocycles. The highest BCUT2D eigenvalue weighted by molar-refractivity contribution is 6.17. The summed E-state index contributed by atoms with van der Waals surface area (Å²) in [6.45, 7) is 9.10. The summed E-state index contributed by atoms with van der Waals surface area (Å²) in [7, 11) is 0. The molecule has 0 aliphatic carbocycles. The molecule has 1 aliphatic rings. The van der Waals surface area contributed by atoms with Gasteiger partial charge in [-0.3, -0.25) is 0 Å². The molecule has 0 bridgehead atoms.